The van der Waals surface area contributed by atoms with E-state index in [1.165, 1.54) is 6.33 Å². The fourth-order valence-electron chi connectivity index (χ4n) is 2.96. The fraction of sp³-hybridized carbons (Fsp3) is 0.538. The van der Waals surface area contributed by atoms with Gasteiger partial charge in [-0.15, -0.1) is 0 Å². The summed E-state index contributed by atoms with van der Waals surface area (Å²) in [6.45, 7) is 0.959. The molecular formula is C13H15F3N6O2. The molecule has 0 unspecified atom stereocenters. The number of nitro groups is 1. The standard InChI is InChI=1S/C13H15F3N6O2/c1-20-7-18-11(22(23)24)12(20)21-4-2-8(3-5-21)10-17-6-9(19-10)13(14,15)16/h6-8H,2-5H2,1H3,(H,17,19). The van der Waals surface area contributed by atoms with E-state index in [-0.39, 0.29) is 11.7 Å². The molecule has 1 fully saturated rings. The molecule has 1 saturated heterocycles. The summed E-state index contributed by atoms with van der Waals surface area (Å²) in [5.74, 6) is 0.369. The number of piperidine rings is 1. The van der Waals surface area contributed by atoms with Crippen molar-refractivity contribution in [3.05, 3.63) is 34.2 Å². The zero-order chi connectivity index (χ0) is 17.5. The summed E-state index contributed by atoms with van der Waals surface area (Å²) in [7, 11) is 1.67. The third-order valence-electron chi connectivity index (χ3n) is 4.14. The van der Waals surface area contributed by atoms with Crippen LogP contribution in [0.4, 0.5) is 24.8 Å². The van der Waals surface area contributed by atoms with Crippen molar-refractivity contribution in [3.63, 3.8) is 0 Å². The Morgan fingerprint density at radius 1 is 1.33 bits per heavy atom. The highest BCUT2D eigenvalue weighted by molar-refractivity contribution is 5.54. The number of halogens is 3. The van der Waals surface area contributed by atoms with Crippen LogP contribution < -0.4 is 4.90 Å². The number of H-pyrrole nitrogens is 1. The monoisotopic (exact) mass is 344 g/mol. The van der Waals surface area contributed by atoms with E-state index in [1.54, 1.807) is 11.6 Å². The Hall–Kier alpha value is -2.59. The Kier molecular flexibility index (Phi) is 3.93. The molecule has 0 aromatic carbocycles. The predicted octanol–water partition coefficient (Wildman–Crippen LogP) is 2.45. The highest BCUT2D eigenvalue weighted by atomic mass is 19.4. The van der Waals surface area contributed by atoms with Gasteiger partial charge in [0, 0.05) is 26.1 Å². The van der Waals surface area contributed by atoms with Crippen LogP contribution in [0.15, 0.2) is 12.5 Å². The van der Waals surface area contributed by atoms with E-state index in [0.29, 0.717) is 37.6 Å². The number of nitrogens with one attached hydrogen (secondary N) is 1. The van der Waals surface area contributed by atoms with E-state index >= 15 is 0 Å². The molecule has 2 aromatic heterocycles. The molecule has 11 heteroatoms. The van der Waals surface area contributed by atoms with Gasteiger partial charge in [0.05, 0.1) is 6.20 Å². The number of aromatic nitrogens is 4. The number of alkyl halides is 3. The van der Waals surface area contributed by atoms with Gasteiger partial charge in [-0.3, -0.25) is 4.57 Å². The van der Waals surface area contributed by atoms with E-state index < -0.39 is 16.8 Å². The number of nitrogens with zero attached hydrogens (tertiary/aromatic N) is 5. The molecular weight excluding hydrogens is 329 g/mol. The zero-order valence-electron chi connectivity index (χ0n) is 12.7. The number of aromatic amines is 1. The topological polar surface area (TPSA) is 92.9 Å². The molecule has 1 aliphatic rings. The zero-order valence-corrected chi connectivity index (χ0v) is 12.7. The van der Waals surface area contributed by atoms with Gasteiger partial charge < -0.3 is 20.0 Å². The van der Waals surface area contributed by atoms with Crippen molar-refractivity contribution in [1.29, 1.82) is 0 Å². The van der Waals surface area contributed by atoms with Crippen molar-refractivity contribution < 1.29 is 18.1 Å². The van der Waals surface area contributed by atoms with Crippen molar-refractivity contribution in [2.24, 2.45) is 7.05 Å². The molecule has 8 nitrogen and oxygen atoms in total. The van der Waals surface area contributed by atoms with E-state index in [0.717, 1.165) is 6.20 Å². The minimum Gasteiger partial charge on any atom is -0.358 e. The SMILES string of the molecule is Cn1cnc([N+](=O)[O-])c1N1CCC(c2ncc(C(F)(F)F)[nH]2)CC1. The molecule has 0 aliphatic carbocycles. The highest BCUT2D eigenvalue weighted by Gasteiger charge is 2.35. The summed E-state index contributed by atoms with van der Waals surface area (Å²) in [5.41, 5.74) is -0.859. The fourth-order valence-corrected chi connectivity index (χ4v) is 2.96. The lowest BCUT2D eigenvalue weighted by atomic mass is 9.96. The lowest BCUT2D eigenvalue weighted by molar-refractivity contribution is -0.388. The van der Waals surface area contributed by atoms with Crippen LogP contribution in [-0.2, 0) is 13.2 Å². The van der Waals surface area contributed by atoms with Crippen LogP contribution in [0, 0.1) is 10.1 Å². The Morgan fingerprint density at radius 3 is 2.54 bits per heavy atom. The molecule has 0 saturated carbocycles. The van der Waals surface area contributed by atoms with Gasteiger partial charge in [-0.1, -0.05) is 0 Å². The maximum absolute atomic E-state index is 12.6. The quantitative estimate of drug-likeness (QED) is 0.682. The van der Waals surface area contributed by atoms with E-state index in [2.05, 4.69) is 15.0 Å². The van der Waals surface area contributed by atoms with Crippen LogP contribution in [0.5, 0.6) is 0 Å². The van der Waals surface area contributed by atoms with Crippen LogP contribution in [-0.4, -0.2) is 37.5 Å². The second-order valence-electron chi connectivity index (χ2n) is 5.70. The minimum atomic E-state index is -4.44. The summed E-state index contributed by atoms with van der Waals surface area (Å²) in [6, 6.07) is 0. The van der Waals surface area contributed by atoms with E-state index in [9.17, 15) is 23.3 Å². The van der Waals surface area contributed by atoms with Gasteiger partial charge in [0.15, 0.2) is 0 Å². The highest BCUT2D eigenvalue weighted by Crippen LogP contribution is 2.34. The van der Waals surface area contributed by atoms with Gasteiger partial charge in [0.25, 0.3) is 0 Å². The molecule has 24 heavy (non-hydrogen) atoms. The van der Waals surface area contributed by atoms with Gasteiger partial charge in [0.1, 0.15) is 11.5 Å². The molecule has 0 bridgehead atoms. The molecule has 3 heterocycles. The molecule has 3 rings (SSSR count). The third kappa shape index (κ3) is 2.93. The molecule has 2 aromatic rings. The summed E-state index contributed by atoms with van der Waals surface area (Å²) >= 11 is 0. The van der Waals surface area contributed by atoms with Gasteiger partial charge in [-0.2, -0.15) is 13.2 Å². The van der Waals surface area contributed by atoms with Crippen molar-refractivity contribution in [2.75, 3.05) is 18.0 Å². The molecule has 0 atom stereocenters. The van der Waals surface area contributed by atoms with Crippen molar-refractivity contribution in [3.8, 4) is 0 Å². The Labute approximate surface area is 134 Å². The lowest BCUT2D eigenvalue weighted by Crippen LogP contribution is -2.34. The van der Waals surface area contributed by atoms with E-state index in [1.807, 2.05) is 4.90 Å². The maximum atomic E-state index is 12.6. The Bertz CT molecular complexity index is 745. The molecule has 0 spiro atoms. The largest absolute Gasteiger partial charge is 0.432 e. The lowest BCUT2D eigenvalue weighted by Gasteiger charge is -2.31. The maximum Gasteiger partial charge on any atom is 0.432 e. The second kappa shape index (κ2) is 5.80. The molecule has 1 N–H and O–H groups in total. The summed E-state index contributed by atoms with van der Waals surface area (Å²) in [5, 5.41) is 11.0. The smallest absolute Gasteiger partial charge is 0.358 e. The predicted molar refractivity (Wildman–Crippen MR) is 77.6 cm³/mol. The van der Waals surface area contributed by atoms with Crippen LogP contribution in [0.3, 0.4) is 0 Å². The third-order valence-corrected chi connectivity index (χ3v) is 4.14. The number of anilines is 1. The number of hydrogen-bond donors (Lipinski definition) is 1. The first-order valence-corrected chi connectivity index (χ1v) is 7.30. The minimum absolute atomic E-state index is 0.135. The first kappa shape index (κ1) is 16.3. The first-order valence-electron chi connectivity index (χ1n) is 7.30. The molecule has 0 amide bonds. The molecule has 130 valence electrons. The molecule has 1 aliphatic heterocycles. The van der Waals surface area contributed by atoms with Crippen LogP contribution >= 0.6 is 0 Å². The Balaban J connectivity index is 1.71. The first-order chi connectivity index (χ1) is 11.3. The van der Waals surface area contributed by atoms with Gasteiger partial charge >= 0.3 is 12.0 Å². The average molecular weight is 344 g/mol. The second-order valence-corrected chi connectivity index (χ2v) is 5.70. The number of imidazole rings is 2. The van der Waals surface area contributed by atoms with Crippen molar-refractivity contribution in [1.82, 2.24) is 19.5 Å². The van der Waals surface area contributed by atoms with Crippen LogP contribution in [0.1, 0.15) is 30.3 Å². The summed E-state index contributed by atoms with van der Waals surface area (Å²) in [6.07, 6.45) is -1.17. The average Bonchev–Trinajstić information content (AvgIpc) is 3.13. The number of aryl methyl sites for hydroxylation is 1. The normalized spacial score (nSPS) is 16.6. The Morgan fingerprint density at radius 2 is 2.00 bits per heavy atom. The van der Waals surface area contributed by atoms with Crippen molar-refractivity contribution in [2.45, 2.75) is 24.9 Å². The van der Waals surface area contributed by atoms with Gasteiger partial charge in [0.2, 0.25) is 12.1 Å². The van der Waals surface area contributed by atoms with E-state index in [4.69, 9.17) is 0 Å². The van der Waals surface area contributed by atoms with Crippen LogP contribution in [0.25, 0.3) is 0 Å². The van der Waals surface area contributed by atoms with Gasteiger partial charge in [-0.05, 0) is 22.7 Å². The number of rotatable bonds is 3. The van der Waals surface area contributed by atoms with Crippen molar-refractivity contribution >= 4 is 11.6 Å². The van der Waals surface area contributed by atoms with Crippen LogP contribution in [0.2, 0.25) is 0 Å². The summed E-state index contributed by atoms with van der Waals surface area (Å²) in [4.78, 5) is 22.3. The summed E-state index contributed by atoms with van der Waals surface area (Å²) < 4.78 is 39.5. The number of hydrogen-bond acceptors (Lipinski definition) is 5. The molecule has 0 radical (unpaired) electrons. The van der Waals surface area contributed by atoms with Gasteiger partial charge in [-0.25, -0.2) is 4.98 Å².